The van der Waals surface area contributed by atoms with E-state index >= 15 is 0 Å². The van der Waals surface area contributed by atoms with Gasteiger partial charge in [-0.05, 0) is 35.4 Å². The quantitative estimate of drug-likeness (QED) is 0.666. The Bertz CT molecular complexity index is 903. The van der Waals surface area contributed by atoms with Crippen LogP contribution in [0.3, 0.4) is 0 Å². The average molecular weight is 338 g/mol. The Balaban J connectivity index is 1.89. The molecule has 1 aliphatic rings. The van der Waals surface area contributed by atoms with E-state index in [-0.39, 0.29) is 5.28 Å². The summed E-state index contributed by atoms with van der Waals surface area (Å²) < 4.78 is 0. The van der Waals surface area contributed by atoms with Crippen molar-refractivity contribution in [3.05, 3.63) is 69.1 Å². The van der Waals surface area contributed by atoms with E-state index in [1.807, 2.05) is 17.5 Å². The lowest BCUT2D eigenvalue weighted by Crippen LogP contribution is -2.07. The van der Waals surface area contributed by atoms with Crippen LogP contribution in [0.2, 0.25) is 5.28 Å². The molecule has 23 heavy (non-hydrogen) atoms. The molecule has 0 saturated carbocycles. The van der Waals surface area contributed by atoms with Crippen molar-refractivity contribution in [1.29, 1.82) is 10.5 Å². The van der Waals surface area contributed by atoms with Crippen molar-refractivity contribution in [2.24, 2.45) is 0 Å². The van der Waals surface area contributed by atoms with E-state index in [0.717, 1.165) is 11.3 Å². The highest BCUT2D eigenvalue weighted by Gasteiger charge is 2.18. The molecule has 110 valence electrons. The molecule has 0 amide bonds. The predicted molar refractivity (Wildman–Crippen MR) is 89.4 cm³/mol. The van der Waals surface area contributed by atoms with Gasteiger partial charge in [0.2, 0.25) is 5.28 Å². The smallest absolute Gasteiger partial charge is 0.222 e. The van der Waals surface area contributed by atoms with Crippen molar-refractivity contribution < 1.29 is 0 Å². The van der Waals surface area contributed by atoms with Crippen molar-refractivity contribution in [2.75, 3.05) is 0 Å². The fourth-order valence-electron chi connectivity index (χ4n) is 1.98. The molecule has 2 aromatic rings. The Morgan fingerprint density at radius 1 is 1.17 bits per heavy atom. The molecule has 1 aromatic carbocycles. The zero-order valence-electron chi connectivity index (χ0n) is 11.6. The van der Waals surface area contributed by atoms with Crippen LogP contribution in [0.25, 0.3) is 11.3 Å². The maximum absolute atomic E-state index is 9.43. The molecule has 0 atom stereocenters. The largest absolute Gasteiger partial charge is 0.348 e. The Morgan fingerprint density at radius 2 is 1.96 bits per heavy atom. The number of benzene rings is 1. The summed E-state index contributed by atoms with van der Waals surface area (Å²) in [6.45, 7) is 0. The van der Waals surface area contributed by atoms with E-state index in [4.69, 9.17) is 16.9 Å². The summed E-state index contributed by atoms with van der Waals surface area (Å²) in [5.41, 5.74) is 3.27. The third kappa shape index (κ3) is 3.19. The normalized spacial score (nSPS) is 15.2. The maximum atomic E-state index is 9.43. The maximum Gasteiger partial charge on any atom is 0.222 e. The molecule has 1 N–H and O–H groups in total. The van der Waals surface area contributed by atoms with Crippen molar-refractivity contribution >= 4 is 34.6 Å². The molecule has 0 bridgehead atoms. The average Bonchev–Trinajstić information content (AvgIpc) is 3.05. The van der Waals surface area contributed by atoms with Gasteiger partial charge in [0.1, 0.15) is 11.6 Å². The van der Waals surface area contributed by atoms with Crippen molar-refractivity contribution in [2.45, 2.75) is 0 Å². The molecule has 7 heteroatoms. The lowest BCUT2D eigenvalue weighted by molar-refractivity contribution is 1.13. The first-order chi connectivity index (χ1) is 11.2. The van der Waals surface area contributed by atoms with E-state index < -0.39 is 0 Å². The molecule has 5 nitrogen and oxygen atoms in total. The Morgan fingerprint density at radius 3 is 2.61 bits per heavy atom. The molecule has 0 radical (unpaired) electrons. The van der Waals surface area contributed by atoms with Crippen molar-refractivity contribution in [3.8, 4) is 12.1 Å². The molecule has 2 heterocycles. The lowest BCUT2D eigenvalue weighted by Gasteiger charge is -2.07. The number of rotatable bonds is 2. The molecule has 0 aliphatic carbocycles. The summed E-state index contributed by atoms with van der Waals surface area (Å²) >= 11 is 7.19. The first kappa shape index (κ1) is 15.1. The molecule has 0 spiro atoms. The van der Waals surface area contributed by atoms with Gasteiger partial charge in [-0.15, -0.1) is 0 Å². The lowest BCUT2D eigenvalue weighted by atomic mass is 10.1. The monoisotopic (exact) mass is 337 g/mol. The van der Waals surface area contributed by atoms with Gasteiger partial charge in [-0.2, -0.15) is 10.5 Å². The Kier molecular flexibility index (Phi) is 4.29. The number of aromatic nitrogens is 2. The van der Waals surface area contributed by atoms with Gasteiger partial charge in [-0.1, -0.05) is 23.9 Å². The van der Waals surface area contributed by atoms with Gasteiger partial charge in [0.15, 0.2) is 0 Å². The summed E-state index contributed by atoms with van der Waals surface area (Å²) in [5, 5.41) is 24.2. The SMILES string of the molecule is N#C/C(=C1/NC(c2ccc(C#N)cc2)=CS1)c1ccnc(Cl)n1. The van der Waals surface area contributed by atoms with Crippen molar-refractivity contribution in [1.82, 2.24) is 15.3 Å². The summed E-state index contributed by atoms with van der Waals surface area (Å²) in [7, 11) is 0. The molecule has 0 unspecified atom stereocenters. The van der Waals surface area contributed by atoms with Gasteiger partial charge in [-0.25, -0.2) is 9.97 Å². The van der Waals surface area contributed by atoms with E-state index in [1.165, 1.54) is 18.0 Å². The Labute approximate surface area is 141 Å². The van der Waals surface area contributed by atoms with E-state index in [2.05, 4.69) is 27.4 Å². The molecule has 1 aromatic heterocycles. The second kappa shape index (κ2) is 6.53. The third-order valence-corrected chi connectivity index (χ3v) is 4.17. The number of thioether (sulfide) groups is 1. The van der Waals surface area contributed by atoms with Gasteiger partial charge in [0.05, 0.1) is 28.1 Å². The highest BCUT2D eigenvalue weighted by molar-refractivity contribution is 8.06. The molecule has 0 saturated heterocycles. The van der Waals surface area contributed by atoms with Crippen LogP contribution in [0, 0.1) is 22.7 Å². The van der Waals surface area contributed by atoms with E-state index in [9.17, 15) is 5.26 Å². The summed E-state index contributed by atoms with van der Waals surface area (Å²) in [5.74, 6) is 0. The number of allylic oxidation sites excluding steroid dienone is 1. The summed E-state index contributed by atoms with van der Waals surface area (Å²) in [6.07, 6.45) is 1.51. The zero-order valence-corrected chi connectivity index (χ0v) is 13.2. The second-order valence-corrected chi connectivity index (χ2v) is 5.71. The number of nitriles is 2. The number of halogens is 1. The fraction of sp³-hybridized carbons (Fsp3) is 0. The molecule has 0 fully saturated rings. The van der Waals surface area contributed by atoms with Crippen LogP contribution >= 0.6 is 23.4 Å². The molecule has 1 aliphatic heterocycles. The first-order valence-electron chi connectivity index (χ1n) is 6.49. The van der Waals surface area contributed by atoms with Crippen LogP contribution in [0.15, 0.2) is 47.0 Å². The zero-order chi connectivity index (χ0) is 16.2. The fourth-order valence-corrected chi connectivity index (χ4v) is 3.00. The van der Waals surface area contributed by atoms with Gasteiger partial charge in [0, 0.05) is 11.6 Å². The van der Waals surface area contributed by atoms with Gasteiger partial charge in [0.25, 0.3) is 0 Å². The molecule has 3 rings (SSSR count). The summed E-state index contributed by atoms with van der Waals surface area (Å²) in [6, 6.07) is 13.1. The van der Waals surface area contributed by atoms with Crippen LogP contribution in [-0.4, -0.2) is 9.97 Å². The first-order valence-corrected chi connectivity index (χ1v) is 7.74. The number of hydrogen-bond donors (Lipinski definition) is 1. The summed E-state index contributed by atoms with van der Waals surface area (Å²) in [4.78, 5) is 7.89. The van der Waals surface area contributed by atoms with Crippen LogP contribution in [0.1, 0.15) is 16.8 Å². The Hall–Kier alpha value is -2.80. The van der Waals surface area contributed by atoms with Crippen molar-refractivity contribution in [3.63, 3.8) is 0 Å². The minimum absolute atomic E-state index is 0.0964. The number of nitrogens with one attached hydrogen (secondary N) is 1. The number of hydrogen-bond acceptors (Lipinski definition) is 6. The molecular formula is C16H8ClN5S. The van der Waals surface area contributed by atoms with Crippen LogP contribution < -0.4 is 5.32 Å². The predicted octanol–water partition coefficient (Wildman–Crippen LogP) is 3.53. The topological polar surface area (TPSA) is 85.4 Å². The van der Waals surface area contributed by atoms with Gasteiger partial charge < -0.3 is 5.32 Å². The van der Waals surface area contributed by atoms with Gasteiger partial charge in [-0.3, -0.25) is 0 Å². The highest BCUT2D eigenvalue weighted by Crippen LogP contribution is 2.34. The standard InChI is InChI=1S/C16H8ClN5S/c17-16-20-6-5-13(22-16)12(8-19)15-21-14(9-23-15)11-3-1-10(7-18)2-4-11/h1-6,9,21H/b15-12+. The van der Waals surface area contributed by atoms with Gasteiger partial charge >= 0.3 is 0 Å². The molecular weight excluding hydrogens is 330 g/mol. The third-order valence-electron chi connectivity index (χ3n) is 3.09. The number of nitrogens with zero attached hydrogens (tertiary/aromatic N) is 4. The van der Waals surface area contributed by atoms with Crippen LogP contribution in [0.4, 0.5) is 0 Å². The van der Waals surface area contributed by atoms with Crippen LogP contribution in [0.5, 0.6) is 0 Å². The highest BCUT2D eigenvalue weighted by atomic mass is 35.5. The second-order valence-electron chi connectivity index (χ2n) is 4.49. The van der Waals surface area contributed by atoms with Crippen LogP contribution in [-0.2, 0) is 0 Å². The van der Waals surface area contributed by atoms with E-state index in [1.54, 1.807) is 18.2 Å². The van der Waals surface area contributed by atoms with E-state index in [0.29, 0.717) is 21.9 Å². The minimum Gasteiger partial charge on any atom is -0.348 e. The minimum atomic E-state index is 0.0964.